The number of carbonyl (C=O) groups is 3. The highest BCUT2D eigenvalue weighted by Crippen LogP contribution is 2.33. The standard InChI is InChI=1S/C24H22N2O6S2/c27-21(28)14-26-23(30)20(34-24(26)33)13-17-6-7-19(32-15-16-4-2-1-3-5-16)18(12-17)22(29)25-8-10-31-11-9-25/h1-7,12-13H,8-11,14-15H2,(H,27,28)/b20-13-. The summed E-state index contributed by atoms with van der Waals surface area (Å²) in [6.45, 7) is 1.71. The minimum Gasteiger partial charge on any atom is -0.488 e. The molecule has 2 aromatic rings. The molecule has 34 heavy (non-hydrogen) atoms. The number of nitrogens with zero attached hydrogens (tertiary/aromatic N) is 2. The van der Waals surface area contributed by atoms with Gasteiger partial charge in [-0.3, -0.25) is 19.3 Å². The van der Waals surface area contributed by atoms with Gasteiger partial charge in [-0.25, -0.2) is 0 Å². The number of carboxylic acid groups (broad SMARTS) is 1. The van der Waals surface area contributed by atoms with Crippen LogP contribution >= 0.6 is 24.0 Å². The highest BCUT2D eigenvalue weighted by molar-refractivity contribution is 8.26. The zero-order chi connectivity index (χ0) is 24.1. The largest absolute Gasteiger partial charge is 0.488 e. The second kappa shape index (κ2) is 10.8. The summed E-state index contributed by atoms with van der Waals surface area (Å²) in [7, 11) is 0. The van der Waals surface area contributed by atoms with Gasteiger partial charge in [0.15, 0.2) is 0 Å². The zero-order valence-electron chi connectivity index (χ0n) is 18.1. The molecule has 0 bridgehead atoms. The van der Waals surface area contributed by atoms with Crippen LogP contribution in [0.2, 0.25) is 0 Å². The van der Waals surface area contributed by atoms with E-state index in [0.717, 1.165) is 22.2 Å². The molecule has 2 heterocycles. The minimum atomic E-state index is -1.14. The number of amides is 2. The lowest BCUT2D eigenvalue weighted by Crippen LogP contribution is -2.40. The Labute approximate surface area is 206 Å². The zero-order valence-corrected chi connectivity index (χ0v) is 19.8. The van der Waals surface area contributed by atoms with E-state index < -0.39 is 18.4 Å². The van der Waals surface area contributed by atoms with Gasteiger partial charge in [0, 0.05) is 13.1 Å². The van der Waals surface area contributed by atoms with E-state index in [1.165, 1.54) is 0 Å². The number of carbonyl (C=O) groups excluding carboxylic acids is 2. The lowest BCUT2D eigenvalue weighted by Gasteiger charge is -2.27. The molecule has 2 aliphatic rings. The van der Waals surface area contributed by atoms with Crippen molar-refractivity contribution in [3.8, 4) is 5.75 Å². The SMILES string of the molecule is O=C(O)CN1C(=O)/C(=C/c2ccc(OCc3ccccc3)c(C(=O)N3CCOCC3)c2)SC1=S. The van der Waals surface area contributed by atoms with Crippen LogP contribution in [0.3, 0.4) is 0 Å². The summed E-state index contributed by atoms with van der Waals surface area (Å²) in [6.07, 6.45) is 1.61. The van der Waals surface area contributed by atoms with Crippen molar-refractivity contribution >= 4 is 52.2 Å². The number of hydrogen-bond acceptors (Lipinski definition) is 7. The van der Waals surface area contributed by atoms with Crippen molar-refractivity contribution in [3.05, 3.63) is 70.1 Å². The fraction of sp³-hybridized carbons (Fsp3) is 0.250. The Hall–Kier alpha value is -3.21. The molecule has 1 N–H and O–H groups in total. The average molecular weight is 499 g/mol. The fourth-order valence-corrected chi connectivity index (χ4v) is 4.78. The maximum absolute atomic E-state index is 13.3. The van der Waals surface area contributed by atoms with Gasteiger partial charge in [0.05, 0.1) is 23.7 Å². The molecule has 2 aliphatic heterocycles. The Balaban J connectivity index is 1.62. The van der Waals surface area contributed by atoms with Crippen LogP contribution in [0.25, 0.3) is 6.08 Å². The second-order valence-corrected chi connectivity index (χ2v) is 9.27. The highest BCUT2D eigenvalue weighted by atomic mass is 32.2. The van der Waals surface area contributed by atoms with Crippen molar-refractivity contribution in [2.75, 3.05) is 32.8 Å². The van der Waals surface area contributed by atoms with Gasteiger partial charge in [-0.1, -0.05) is 60.4 Å². The van der Waals surface area contributed by atoms with Crippen molar-refractivity contribution < 1.29 is 29.0 Å². The van der Waals surface area contributed by atoms with Crippen molar-refractivity contribution in [2.45, 2.75) is 6.61 Å². The van der Waals surface area contributed by atoms with E-state index >= 15 is 0 Å². The highest BCUT2D eigenvalue weighted by Gasteiger charge is 2.33. The predicted octanol–water partition coefficient (Wildman–Crippen LogP) is 3.02. The summed E-state index contributed by atoms with van der Waals surface area (Å²) in [4.78, 5) is 40.0. The molecule has 10 heteroatoms. The molecule has 8 nitrogen and oxygen atoms in total. The van der Waals surface area contributed by atoms with Crippen LogP contribution in [-0.2, 0) is 20.9 Å². The molecule has 2 aromatic carbocycles. The van der Waals surface area contributed by atoms with Gasteiger partial charge in [0.2, 0.25) is 0 Å². The van der Waals surface area contributed by atoms with Gasteiger partial charge >= 0.3 is 5.97 Å². The summed E-state index contributed by atoms with van der Waals surface area (Å²) in [5.74, 6) is -1.35. The van der Waals surface area contributed by atoms with E-state index in [9.17, 15) is 14.4 Å². The Morgan fingerprint density at radius 1 is 1.15 bits per heavy atom. The van der Waals surface area contributed by atoms with Gasteiger partial charge in [0.25, 0.3) is 11.8 Å². The third-order valence-electron chi connectivity index (χ3n) is 5.23. The van der Waals surface area contributed by atoms with Crippen LogP contribution in [0.15, 0.2) is 53.4 Å². The molecule has 0 saturated carbocycles. The molecule has 176 valence electrons. The number of morpholine rings is 1. The van der Waals surface area contributed by atoms with Gasteiger partial charge in [-0.2, -0.15) is 0 Å². The summed E-state index contributed by atoms with van der Waals surface area (Å²) in [6, 6.07) is 14.8. The number of thioether (sulfide) groups is 1. The number of aliphatic carboxylic acids is 1. The van der Waals surface area contributed by atoms with Crippen LogP contribution in [-0.4, -0.2) is 69.9 Å². The summed E-state index contributed by atoms with van der Waals surface area (Å²) in [5.41, 5.74) is 1.96. The monoisotopic (exact) mass is 498 g/mol. The van der Waals surface area contributed by atoms with Crippen LogP contribution in [0, 0.1) is 0 Å². The average Bonchev–Trinajstić information content (AvgIpc) is 3.10. The minimum absolute atomic E-state index is 0.181. The molecule has 0 radical (unpaired) electrons. The molecule has 0 atom stereocenters. The second-order valence-electron chi connectivity index (χ2n) is 7.60. The molecule has 0 aliphatic carbocycles. The molecule has 4 rings (SSSR count). The van der Waals surface area contributed by atoms with Crippen molar-refractivity contribution in [1.29, 1.82) is 0 Å². The van der Waals surface area contributed by atoms with Gasteiger partial charge in [-0.05, 0) is 29.3 Å². The number of rotatable bonds is 7. The first-order valence-corrected chi connectivity index (χ1v) is 11.8. The first-order chi connectivity index (χ1) is 16.4. The predicted molar refractivity (Wildman–Crippen MR) is 131 cm³/mol. The molecule has 2 amide bonds. The van der Waals surface area contributed by atoms with E-state index in [4.69, 9.17) is 26.8 Å². The smallest absolute Gasteiger partial charge is 0.323 e. The topological polar surface area (TPSA) is 96.4 Å². The van der Waals surface area contributed by atoms with E-state index in [2.05, 4.69) is 0 Å². The number of hydrogen-bond donors (Lipinski definition) is 1. The maximum atomic E-state index is 13.3. The van der Waals surface area contributed by atoms with E-state index in [-0.39, 0.29) is 10.2 Å². The third-order valence-corrected chi connectivity index (χ3v) is 6.61. The lowest BCUT2D eigenvalue weighted by molar-refractivity contribution is -0.140. The van der Waals surface area contributed by atoms with Crippen LogP contribution in [0.4, 0.5) is 0 Å². The number of benzene rings is 2. The molecule has 2 fully saturated rings. The molecule has 0 unspecified atom stereocenters. The van der Waals surface area contributed by atoms with Gasteiger partial charge < -0.3 is 19.5 Å². The quantitative estimate of drug-likeness (QED) is 0.460. The Morgan fingerprint density at radius 3 is 2.59 bits per heavy atom. The van der Waals surface area contributed by atoms with E-state index in [0.29, 0.717) is 54.7 Å². The van der Waals surface area contributed by atoms with Crippen molar-refractivity contribution in [1.82, 2.24) is 9.80 Å². The summed E-state index contributed by atoms with van der Waals surface area (Å²) < 4.78 is 11.5. The normalized spacial score (nSPS) is 17.4. The Bertz CT molecular complexity index is 1150. The first-order valence-electron chi connectivity index (χ1n) is 10.6. The number of thiocarbonyl (C=S) groups is 1. The molecule has 0 spiro atoms. The Morgan fingerprint density at radius 2 is 1.88 bits per heavy atom. The Kier molecular flexibility index (Phi) is 7.61. The van der Waals surface area contributed by atoms with Crippen molar-refractivity contribution in [2.24, 2.45) is 0 Å². The third kappa shape index (κ3) is 5.64. The van der Waals surface area contributed by atoms with E-state index in [1.807, 2.05) is 30.3 Å². The van der Waals surface area contributed by atoms with Crippen LogP contribution in [0.1, 0.15) is 21.5 Å². The molecule has 0 aromatic heterocycles. The van der Waals surface area contributed by atoms with Crippen LogP contribution < -0.4 is 4.74 Å². The number of carboxylic acids is 1. The number of ether oxygens (including phenoxy) is 2. The first kappa shape index (κ1) is 23.9. The van der Waals surface area contributed by atoms with Crippen LogP contribution in [0.5, 0.6) is 5.75 Å². The summed E-state index contributed by atoms with van der Waals surface area (Å²) in [5, 5.41) is 9.02. The van der Waals surface area contributed by atoms with E-state index in [1.54, 1.807) is 29.2 Å². The molecular formula is C24H22N2O6S2. The molecular weight excluding hydrogens is 476 g/mol. The fourth-order valence-electron chi connectivity index (χ4n) is 3.53. The maximum Gasteiger partial charge on any atom is 0.323 e. The summed E-state index contributed by atoms with van der Waals surface area (Å²) >= 11 is 6.19. The van der Waals surface area contributed by atoms with Gasteiger partial charge in [0.1, 0.15) is 23.2 Å². The van der Waals surface area contributed by atoms with Crippen molar-refractivity contribution in [3.63, 3.8) is 0 Å². The lowest BCUT2D eigenvalue weighted by atomic mass is 10.1. The van der Waals surface area contributed by atoms with Gasteiger partial charge in [-0.15, -0.1) is 0 Å². The molecule has 2 saturated heterocycles.